The summed E-state index contributed by atoms with van der Waals surface area (Å²) in [5.41, 5.74) is 10.9. The molecule has 1 atom stereocenters. The summed E-state index contributed by atoms with van der Waals surface area (Å²) in [5, 5.41) is 0. The van der Waals surface area contributed by atoms with Crippen LogP contribution in [0.25, 0.3) is 11.0 Å². The zero-order valence-corrected chi connectivity index (χ0v) is 21.3. The van der Waals surface area contributed by atoms with Crippen molar-refractivity contribution in [2.24, 2.45) is 5.73 Å². The maximum atomic E-state index is 13.7. The number of fused-ring (bicyclic) bond motifs is 1. The third-order valence-corrected chi connectivity index (χ3v) is 6.64. The van der Waals surface area contributed by atoms with Crippen molar-refractivity contribution in [3.05, 3.63) is 99.8 Å². The summed E-state index contributed by atoms with van der Waals surface area (Å²) < 4.78 is 3.24. The summed E-state index contributed by atoms with van der Waals surface area (Å²) in [7, 11) is 0. The van der Waals surface area contributed by atoms with Crippen LogP contribution in [0.15, 0.2) is 77.3 Å². The van der Waals surface area contributed by atoms with Crippen molar-refractivity contribution in [1.82, 2.24) is 14.5 Å². The molecule has 0 spiro atoms. The molecular weight excluding hydrogens is 488 g/mol. The number of carbonyl (C=O) groups excluding carboxylic acids is 1. The molecule has 0 aliphatic heterocycles. The fraction of sp³-hybridized carbons (Fsp3) is 0.286. The van der Waals surface area contributed by atoms with Gasteiger partial charge in [0.05, 0.1) is 17.1 Å². The Kier molecular flexibility index (Phi) is 7.80. The highest BCUT2D eigenvalue weighted by Crippen LogP contribution is 2.31. The zero-order chi connectivity index (χ0) is 24.1. The number of amides is 1. The molecule has 4 rings (SSSR count). The van der Waals surface area contributed by atoms with Gasteiger partial charge in [0.2, 0.25) is 0 Å². The molecule has 0 saturated carbocycles. The minimum atomic E-state index is -0.171. The van der Waals surface area contributed by atoms with Gasteiger partial charge < -0.3 is 15.2 Å². The van der Waals surface area contributed by atoms with Gasteiger partial charge in [-0.2, -0.15) is 0 Å². The fourth-order valence-corrected chi connectivity index (χ4v) is 4.72. The number of halogens is 1. The number of imidazole rings is 1. The second kappa shape index (κ2) is 11.0. The van der Waals surface area contributed by atoms with Crippen molar-refractivity contribution in [2.75, 3.05) is 13.1 Å². The van der Waals surface area contributed by atoms with E-state index in [2.05, 4.69) is 57.8 Å². The molecule has 1 heterocycles. The number of nitrogens with zero attached hydrogens (tertiary/aromatic N) is 3. The molecule has 6 heteroatoms. The lowest BCUT2D eigenvalue weighted by Crippen LogP contribution is -2.37. The quantitative estimate of drug-likeness (QED) is 0.291. The van der Waals surface area contributed by atoms with Gasteiger partial charge in [-0.05, 0) is 62.2 Å². The van der Waals surface area contributed by atoms with Gasteiger partial charge in [-0.15, -0.1) is 0 Å². The van der Waals surface area contributed by atoms with Crippen LogP contribution >= 0.6 is 15.9 Å². The lowest BCUT2D eigenvalue weighted by molar-refractivity contribution is 0.0657. The van der Waals surface area contributed by atoms with Crippen molar-refractivity contribution in [3.63, 3.8) is 0 Å². The molecule has 0 radical (unpaired) electrons. The second-order valence-corrected chi connectivity index (χ2v) is 9.52. The average Bonchev–Trinajstić information content (AvgIpc) is 3.19. The number of aromatic nitrogens is 2. The van der Waals surface area contributed by atoms with Crippen molar-refractivity contribution < 1.29 is 4.79 Å². The van der Waals surface area contributed by atoms with E-state index in [1.807, 2.05) is 54.3 Å². The summed E-state index contributed by atoms with van der Waals surface area (Å²) >= 11 is 3.58. The van der Waals surface area contributed by atoms with Crippen LogP contribution in [0.2, 0.25) is 0 Å². The van der Waals surface area contributed by atoms with E-state index in [0.29, 0.717) is 25.2 Å². The number of aryl methyl sites for hydroxylation is 1. The Balaban J connectivity index is 1.81. The number of hydrogen-bond donors (Lipinski definition) is 1. The van der Waals surface area contributed by atoms with Crippen molar-refractivity contribution in [3.8, 4) is 0 Å². The molecule has 0 unspecified atom stereocenters. The Morgan fingerprint density at radius 2 is 1.82 bits per heavy atom. The highest BCUT2D eigenvalue weighted by atomic mass is 79.9. The summed E-state index contributed by atoms with van der Waals surface area (Å²) in [5.74, 6) is 0.914. The largest absolute Gasteiger partial charge is 0.330 e. The minimum Gasteiger partial charge on any atom is -0.330 e. The molecule has 176 valence electrons. The molecule has 0 fully saturated rings. The maximum Gasteiger partial charge on any atom is 0.254 e. The van der Waals surface area contributed by atoms with Crippen LogP contribution in [0.5, 0.6) is 0 Å². The van der Waals surface area contributed by atoms with Crippen LogP contribution in [0.4, 0.5) is 0 Å². The predicted molar refractivity (Wildman–Crippen MR) is 142 cm³/mol. The lowest BCUT2D eigenvalue weighted by atomic mass is 10.1. The van der Waals surface area contributed by atoms with E-state index in [-0.39, 0.29) is 11.9 Å². The number of benzene rings is 3. The first-order valence-electron chi connectivity index (χ1n) is 11.8. The molecule has 0 saturated heterocycles. The minimum absolute atomic E-state index is 0.0137. The van der Waals surface area contributed by atoms with Gasteiger partial charge in [-0.1, -0.05) is 70.9 Å². The Labute approximate surface area is 209 Å². The Hall–Kier alpha value is -2.96. The van der Waals surface area contributed by atoms with Crippen molar-refractivity contribution >= 4 is 32.9 Å². The first-order chi connectivity index (χ1) is 16.5. The van der Waals surface area contributed by atoms with Crippen LogP contribution in [0, 0.1) is 6.92 Å². The van der Waals surface area contributed by atoms with Crippen LogP contribution in [-0.4, -0.2) is 33.4 Å². The molecule has 0 aliphatic carbocycles. The average molecular weight is 519 g/mol. The molecule has 1 aromatic heterocycles. The molecule has 4 aromatic rings. The number of rotatable bonds is 9. The third-order valence-electron chi connectivity index (χ3n) is 6.15. The Bertz CT molecular complexity index is 1250. The van der Waals surface area contributed by atoms with E-state index < -0.39 is 0 Å². The van der Waals surface area contributed by atoms with Crippen LogP contribution in [0.1, 0.15) is 53.1 Å². The third kappa shape index (κ3) is 5.24. The normalized spacial score (nSPS) is 12.1. The predicted octanol–water partition coefficient (Wildman–Crippen LogP) is 6.10. The SMILES string of the molecule is CC[C@H](c1nc2cc(Br)ccc2n1Cc1ccccc1)N(CCCN)C(=O)c1ccc(C)cc1. The van der Waals surface area contributed by atoms with E-state index >= 15 is 0 Å². The fourth-order valence-electron chi connectivity index (χ4n) is 4.37. The van der Waals surface area contributed by atoms with E-state index in [1.54, 1.807) is 0 Å². The topological polar surface area (TPSA) is 64.2 Å². The van der Waals surface area contributed by atoms with Gasteiger partial charge in [-0.25, -0.2) is 4.98 Å². The molecule has 0 aliphatic rings. The molecule has 1 amide bonds. The summed E-state index contributed by atoms with van der Waals surface area (Å²) in [6.07, 6.45) is 1.49. The van der Waals surface area contributed by atoms with Crippen molar-refractivity contribution in [2.45, 2.75) is 39.3 Å². The van der Waals surface area contributed by atoms with Gasteiger partial charge in [0, 0.05) is 23.1 Å². The Morgan fingerprint density at radius 3 is 2.50 bits per heavy atom. The highest BCUT2D eigenvalue weighted by molar-refractivity contribution is 9.10. The van der Waals surface area contributed by atoms with E-state index in [4.69, 9.17) is 10.7 Å². The van der Waals surface area contributed by atoms with Crippen LogP contribution in [0.3, 0.4) is 0 Å². The van der Waals surface area contributed by atoms with Crippen LogP contribution in [-0.2, 0) is 6.54 Å². The molecule has 0 bridgehead atoms. The maximum absolute atomic E-state index is 13.7. The van der Waals surface area contributed by atoms with Gasteiger partial charge in [0.25, 0.3) is 5.91 Å². The van der Waals surface area contributed by atoms with E-state index in [0.717, 1.165) is 39.7 Å². The van der Waals surface area contributed by atoms with Crippen molar-refractivity contribution in [1.29, 1.82) is 0 Å². The van der Waals surface area contributed by atoms with E-state index in [9.17, 15) is 4.79 Å². The van der Waals surface area contributed by atoms with E-state index in [1.165, 1.54) is 5.56 Å². The first kappa shape index (κ1) is 24.2. The molecule has 2 N–H and O–H groups in total. The van der Waals surface area contributed by atoms with Gasteiger partial charge >= 0.3 is 0 Å². The molecular formula is C28H31BrN4O. The summed E-state index contributed by atoms with van der Waals surface area (Å²) in [6.45, 7) is 5.94. The first-order valence-corrected chi connectivity index (χ1v) is 12.6. The molecule has 3 aromatic carbocycles. The second-order valence-electron chi connectivity index (χ2n) is 8.61. The smallest absolute Gasteiger partial charge is 0.254 e. The monoisotopic (exact) mass is 518 g/mol. The van der Waals surface area contributed by atoms with Crippen LogP contribution < -0.4 is 5.73 Å². The number of nitrogens with two attached hydrogens (primary N) is 1. The van der Waals surface area contributed by atoms with Gasteiger partial charge in [0.15, 0.2) is 0 Å². The van der Waals surface area contributed by atoms with Gasteiger partial charge in [-0.3, -0.25) is 4.79 Å². The Morgan fingerprint density at radius 1 is 1.09 bits per heavy atom. The zero-order valence-electron chi connectivity index (χ0n) is 19.7. The number of hydrogen-bond acceptors (Lipinski definition) is 3. The molecule has 34 heavy (non-hydrogen) atoms. The summed E-state index contributed by atoms with van der Waals surface area (Å²) in [4.78, 5) is 20.7. The summed E-state index contributed by atoms with van der Waals surface area (Å²) in [6, 6.07) is 24.2. The standard InChI is InChI=1S/C28H31BrN4O/c1-3-25(32(17-7-16-30)28(34)22-12-10-20(2)11-13-22)27-31-24-18-23(29)14-15-26(24)33(27)19-21-8-5-4-6-9-21/h4-6,8-15,18,25H,3,7,16-17,19,30H2,1-2H3/t25-/m1/s1. The molecule has 5 nitrogen and oxygen atoms in total. The lowest BCUT2D eigenvalue weighted by Gasteiger charge is -2.31. The van der Waals surface area contributed by atoms with Gasteiger partial charge in [0.1, 0.15) is 5.82 Å². The number of carbonyl (C=O) groups is 1. The highest BCUT2D eigenvalue weighted by Gasteiger charge is 2.29.